The molecule has 106 valence electrons. The second kappa shape index (κ2) is 5.07. The van der Waals surface area contributed by atoms with E-state index in [2.05, 4.69) is 9.97 Å². The van der Waals surface area contributed by atoms with Gasteiger partial charge >= 0.3 is 6.18 Å². The highest BCUT2D eigenvalue weighted by atomic mass is 19.4. The standard InChI is InChI=1S/C13H12F3N3O/c1-7-8(2)19-11-5-9(3-4-10(11)18-7)12(20)17-6-13(14,15)16/h3-5H,6H2,1-2H3,(H,17,20). The van der Waals surface area contributed by atoms with E-state index >= 15 is 0 Å². The van der Waals surface area contributed by atoms with Gasteiger partial charge in [0.05, 0.1) is 22.4 Å². The van der Waals surface area contributed by atoms with Crippen molar-refractivity contribution in [2.75, 3.05) is 6.54 Å². The van der Waals surface area contributed by atoms with E-state index < -0.39 is 18.6 Å². The van der Waals surface area contributed by atoms with Crippen molar-refractivity contribution >= 4 is 16.9 Å². The number of aryl methyl sites for hydroxylation is 2. The molecule has 2 rings (SSSR count). The number of nitrogens with one attached hydrogen (secondary N) is 1. The Hall–Kier alpha value is -2.18. The van der Waals surface area contributed by atoms with E-state index in [4.69, 9.17) is 0 Å². The van der Waals surface area contributed by atoms with E-state index in [1.165, 1.54) is 12.1 Å². The van der Waals surface area contributed by atoms with Crippen molar-refractivity contribution in [3.63, 3.8) is 0 Å². The SMILES string of the molecule is Cc1nc2ccc(C(=O)NCC(F)(F)F)cc2nc1C. The molecule has 20 heavy (non-hydrogen) atoms. The van der Waals surface area contributed by atoms with Crippen LogP contribution in [-0.2, 0) is 0 Å². The first kappa shape index (κ1) is 14.2. The van der Waals surface area contributed by atoms with Crippen molar-refractivity contribution in [3.8, 4) is 0 Å². The van der Waals surface area contributed by atoms with Gasteiger partial charge in [-0.05, 0) is 32.0 Å². The lowest BCUT2D eigenvalue weighted by Crippen LogP contribution is -2.33. The van der Waals surface area contributed by atoms with Crippen LogP contribution in [-0.4, -0.2) is 28.6 Å². The first-order valence-electron chi connectivity index (χ1n) is 5.86. The predicted molar refractivity (Wildman–Crippen MR) is 67.4 cm³/mol. The number of halogens is 3. The van der Waals surface area contributed by atoms with E-state index in [1.807, 2.05) is 12.2 Å². The molecule has 2 aromatic rings. The van der Waals surface area contributed by atoms with Crippen LogP contribution in [0.5, 0.6) is 0 Å². The molecule has 0 radical (unpaired) electrons. The number of rotatable bonds is 2. The molecule has 1 N–H and O–H groups in total. The van der Waals surface area contributed by atoms with Gasteiger partial charge < -0.3 is 5.32 Å². The fraction of sp³-hybridized carbons (Fsp3) is 0.308. The van der Waals surface area contributed by atoms with Crippen molar-refractivity contribution in [1.82, 2.24) is 15.3 Å². The molecule has 0 unspecified atom stereocenters. The third kappa shape index (κ3) is 3.23. The van der Waals surface area contributed by atoms with Gasteiger partial charge in [0.15, 0.2) is 0 Å². The summed E-state index contributed by atoms with van der Waals surface area (Å²) in [6.45, 7) is 2.23. The average Bonchev–Trinajstić information content (AvgIpc) is 2.36. The molecule has 1 heterocycles. The maximum atomic E-state index is 12.0. The van der Waals surface area contributed by atoms with Crippen molar-refractivity contribution < 1.29 is 18.0 Å². The zero-order valence-electron chi connectivity index (χ0n) is 10.9. The minimum absolute atomic E-state index is 0.124. The lowest BCUT2D eigenvalue weighted by molar-refractivity contribution is -0.123. The Morgan fingerprint density at radius 2 is 1.75 bits per heavy atom. The number of aromatic nitrogens is 2. The first-order chi connectivity index (χ1) is 9.26. The van der Waals surface area contributed by atoms with E-state index in [0.717, 1.165) is 5.69 Å². The smallest absolute Gasteiger partial charge is 0.343 e. The summed E-state index contributed by atoms with van der Waals surface area (Å²) in [6, 6.07) is 4.43. The molecule has 7 heteroatoms. The highest BCUT2D eigenvalue weighted by Gasteiger charge is 2.27. The van der Waals surface area contributed by atoms with Gasteiger partial charge in [0.1, 0.15) is 6.54 Å². The van der Waals surface area contributed by atoms with Crippen LogP contribution in [0.4, 0.5) is 13.2 Å². The van der Waals surface area contributed by atoms with Crippen molar-refractivity contribution in [1.29, 1.82) is 0 Å². The number of nitrogens with zero attached hydrogens (tertiary/aromatic N) is 2. The minimum atomic E-state index is -4.43. The molecule has 0 spiro atoms. The second-order valence-electron chi connectivity index (χ2n) is 4.40. The van der Waals surface area contributed by atoms with Crippen LogP contribution in [0.3, 0.4) is 0 Å². The molecule has 1 aromatic heterocycles. The summed E-state index contributed by atoms with van der Waals surface area (Å²) < 4.78 is 36.1. The Kier molecular flexibility index (Phi) is 3.61. The van der Waals surface area contributed by atoms with Gasteiger partial charge in [-0.3, -0.25) is 4.79 Å². The van der Waals surface area contributed by atoms with E-state index in [1.54, 1.807) is 13.0 Å². The van der Waals surface area contributed by atoms with Crippen LogP contribution < -0.4 is 5.32 Å². The predicted octanol–water partition coefficient (Wildman–Crippen LogP) is 2.54. The van der Waals surface area contributed by atoms with Crippen molar-refractivity contribution in [2.24, 2.45) is 0 Å². The fourth-order valence-electron chi connectivity index (χ4n) is 1.65. The van der Waals surface area contributed by atoms with Crippen LogP contribution in [0.15, 0.2) is 18.2 Å². The monoisotopic (exact) mass is 283 g/mol. The van der Waals surface area contributed by atoms with Gasteiger partial charge in [-0.1, -0.05) is 0 Å². The third-order valence-electron chi connectivity index (χ3n) is 2.79. The Morgan fingerprint density at radius 3 is 2.35 bits per heavy atom. The highest BCUT2D eigenvalue weighted by molar-refractivity contribution is 5.97. The number of fused-ring (bicyclic) bond motifs is 1. The molecule has 0 aliphatic heterocycles. The molecule has 4 nitrogen and oxygen atoms in total. The maximum Gasteiger partial charge on any atom is 0.405 e. The molecule has 0 aliphatic rings. The van der Waals surface area contributed by atoms with Crippen LogP contribution >= 0.6 is 0 Å². The second-order valence-corrected chi connectivity index (χ2v) is 4.40. The molecule has 1 aromatic carbocycles. The summed E-state index contributed by atoms with van der Waals surface area (Å²) in [5, 5.41) is 1.82. The quantitative estimate of drug-likeness (QED) is 0.921. The number of carbonyl (C=O) groups is 1. The molecule has 0 aliphatic carbocycles. The molecule has 0 saturated heterocycles. The van der Waals surface area contributed by atoms with Gasteiger partial charge in [-0.15, -0.1) is 0 Å². The summed E-state index contributed by atoms with van der Waals surface area (Å²) in [5.74, 6) is -0.788. The third-order valence-corrected chi connectivity index (χ3v) is 2.79. The number of benzene rings is 1. The van der Waals surface area contributed by atoms with Crippen LogP contribution in [0.25, 0.3) is 11.0 Å². The topological polar surface area (TPSA) is 54.9 Å². The van der Waals surface area contributed by atoms with Crippen LogP contribution in [0.1, 0.15) is 21.7 Å². The molecular formula is C13H12F3N3O. The zero-order chi connectivity index (χ0) is 14.9. The fourth-order valence-corrected chi connectivity index (χ4v) is 1.65. The molecule has 0 atom stereocenters. The number of carbonyl (C=O) groups excluding carboxylic acids is 1. The van der Waals surface area contributed by atoms with Gasteiger partial charge in [0, 0.05) is 5.56 Å². The summed E-state index contributed by atoms with van der Waals surface area (Å²) in [7, 11) is 0. The van der Waals surface area contributed by atoms with Crippen LogP contribution in [0.2, 0.25) is 0 Å². The first-order valence-corrected chi connectivity index (χ1v) is 5.86. The highest BCUT2D eigenvalue weighted by Crippen LogP contribution is 2.16. The minimum Gasteiger partial charge on any atom is -0.343 e. The number of hydrogen-bond donors (Lipinski definition) is 1. The number of amides is 1. The summed E-state index contributed by atoms with van der Waals surface area (Å²) in [4.78, 5) is 20.2. The van der Waals surface area contributed by atoms with Gasteiger partial charge in [0.25, 0.3) is 5.91 Å². The lowest BCUT2D eigenvalue weighted by Gasteiger charge is -2.09. The average molecular weight is 283 g/mol. The Balaban J connectivity index is 2.27. The van der Waals surface area contributed by atoms with Gasteiger partial charge in [-0.25, -0.2) is 9.97 Å². The summed E-state index contributed by atoms with van der Waals surface area (Å²) in [5.41, 5.74) is 2.68. The summed E-state index contributed by atoms with van der Waals surface area (Å²) >= 11 is 0. The Bertz CT molecular complexity index is 668. The zero-order valence-corrected chi connectivity index (χ0v) is 10.9. The Labute approximate surface area is 113 Å². The Morgan fingerprint density at radius 1 is 1.15 bits per heavy atom. The molecule has 0 fully saturated rings. The number of hydrogen-bond acceptors (Lipinski definition) is 3. The van der Waals surface area contributed by atoms with Crippen molar-refractivity contribution in [2.45, 2.75) is 20.0 Å². The molecule has 1 amide bonds. The van der Waals surface area contributed by atoms with E-state index in [9.17, 15) is 18.0 Å². The summed E-state index contributed by atoms with van der Waals surface area (Å²) in [6.07, 6.45) is -4.43. The van der Waals surface area contributed by atoms with E-state index in [0.29, 0.717) is 16.7 Å². The van der Waals surface area contributed by atoms with Crippen molar-refractivity contribution in [3.05, 3.63) is 35.2 Å². The normalized spacial score (nSPS) is 11.7. The lowest BCUT2D eigenvalue weighted by atomic mass is 10.1. The van der Waals surface area contributed by atoms with Crippen LogP contribution in [0, 0.1) is 13.8 Å². The van der Waals surface area contributed by atoms with Gasteiger partial charge in [0.2, 0.25) is 0 Å². The molecule has 0 saturated carbocycles. The maximum absolute atomic E-state index is 12.0. The largest absolute Gasteiger partial charge is 0.405 e. The van der Waals surface area contributed by atoms with E-state index in [-0.39, 0.29) is 5.56 Å². The number of alkyl halides is 3. The molecular weight excluding hydrogens is 271 g/mol. The molecule has 0 bridgehead atoms. The van der Waals surface area contributed by atoms with Gasteiger partial charge in [-0.2, -0.15) is 13.2 Å².